The van der Waals surface area contributed by atoms with Gasteiger partial charge < -0.3 is 0 Å². The maximum atomic E-state index is 15.4. The van der Waals surface area contributed by atoms with E-state index in [-0.39, 0.29) is 11.7 Å². The van der Waals surface area contributed by atoms with Gasteiger partial charge in [-0.15, -0.1) is 0 Å². The molecule has 0 fully saturated rings. The Balaban J connectivity index is 2.17. The molecule has 0 aliphatic heterocycles. The van der Waals surface area contributed by atoms with E-state index in [0.717, 1.165) is 16.7 Å². The molecule has 1 unspecified atom stereocenters. The number of hydrogen-bond donors (Lipinski definition) is 0. The standard InChI is InChI=1S/C24H23F/c1-3-22(24(25)21-12-8-5-9-13-21)23(19-10-6-4-7-11-19)20-16-14-18(2)15-17-20/h4-17,23H,3H2,1-2H3/b24-22+. The predicted molar refractivity (Wildman–Crippen MR) is 104 cm³/mol. The molecule has 0 nitrogen and oxygen atoms in total. The highest BCUT2D eigenvalue weighted by molar-refractivity contribution is 5.65. The highest BCUT2D eigenvalue weighted by atomic mass is 19.1. The second-order valence-electron chi connectivity index (χ2n) is 6.31. The van der Waals surface area contributed by atoms with Crippen molar-refractivity contribution in [3.8, 4) is 0 Å². The molecule has 0 saturated heterocycles. The zero-order valence-electron chi connectivity index (χ0n) is 14.7. The van der Waals surface area contributed by atoms with Crippen LogP contribution in [0.15, 0.2) is 90.5 Å². The fourth-order valence-electron chi connectivity index (χ4n) is 3.26. The molecule has 0 aliphatic rings. The molecule has 0 amide bonds. The summed E-state index contributed by atoms with van der Waals surface area (Å²) in [5.74, 6) is -0.190. The minimum Gasteiger partial charge on any atom is -0.206 e. The molecule has 0 saturated carbocycles. The van der Waals surface area contributed by atoms with E-state index in [9.17, 15) is 0 Å². The van der Waals surface area contributed by atoms with Crippen molar-refractivity contribution in [1.29, 1.82) is 0 Å². The summed E-state index contributed by atoms with van der Waals surface area (Å²) in [6.45, 7) is 4.10. The second-order valence-corrected chi connectivity index (χ2v) is 6.31. The number of halogens is 1. The second kappa shape index (κ2) is 7.94. The average Bonchev–Trinajstić information content (AvgIpc) is 2.68. The number of aryl methyl sites for hydroxylation is 1. The van der Waals surface area contributed by atoms with Crippen LogP contribution in [-0.4, -0.2) is 0 Å². The van der Waals surface area contributed by atoms with Crippen LogP contribution in [0.4, 0.5) is 4.39 Å². The lowest BCUT2D eigenvalue weighted by Gasteiger charge is -2.22. The molecule has 1 heteroatoms. The summed E-state index contributed by atoms with van der Waals surface area (Å²) < 4.78 is 15.4. The van der Waals surface area contributed by atoms with Crippen molar-refractivity contribution in [2.75, 3.05) is 0 Å². The summed E-state index contributed by atoms with van der Waals surface area (Å²) in [5.41, 5.74) is 4.92. The third-order valence-corrected chi connectivity index (χ3v) is 4.58. The summed E-state index contributed by atoms with van der Waals surface area (Å²) >= 11 is 0. The molecule has 0 N–H and O–H groups in total. The van der Waals surface area contributed by atoms with Gasteiger partial charge in [0.15, 0.2) is 0 Å². The number of hydrogen-bond acceptors (Lipinski definition) is 0. The normalized spacial score (nSPS) is 13.2. The van der Waals surface area contributed by atoms with Crippen molar-refractivity contribution in [2.45, 2.75) is 26.2 Å². The summed E-state index contributed by atoms with van der Waals surface area (Å²) in [6.07, 6.45) is 0.661. The van der Waals surface area contributed by atoms with E-state index in [1.165, 1.54) is 5.56 Å². The molecule has 25 heavy (non-hydrogen) atoms. The lowest BCUT2D eigenvalue weighted by Crippen LogP contribution is -2.06. The lowest BCUT2D eigenvalue weighted by molar-refractivity contribution is 0.722. The minimum atomic E-state index is -0.113. The highest BCUT2D eigenvalue weighted by Gasteiger charge is 2.22. The Morgan fingerprint density at radius 2 is 1.28 bits per heavy atom. The van der Waals surface area contributed by atoms with Crippen LogP contribution in [0.1, 0.15) is 41.5 Å². The van der Waals surface area contributed by atoms with Crippen molar-refractivity contribution in [1.82, 2.24) is 0 Å². The monoisotopic (exact) mass is 330 g/mol. The van der Waals surface area contributed by atoms with Gasteiger partial charge in [0.1, 0.15) is 5.83 Å². The summed E-state index contributed by atoms with van der Waals surface area (Å²) in [4.78, 5) is 0. The van der Waals surface area contributed by atoms with Gasteiger partial charge in [-0.2, -0.15) is 0 Å². The van der Waals surface area contributed by atoms with E-state index in [4.69, 9.17) is 0 Å². The van der Waals surface area contributed by atoms with Gasteiger partial charge in [-0.1, -0.05) is 97.4 Å². The molecule has 3 aromatic rings. The summed E-state index contributed by atoms with van der Waals surface area (Å²) in [6, 6.07) is 28.0. The van der Waals surface area contributed by atoms with Gasteiger partial charge in [0.2, 0.25) is 0 Å². The van der Waals surface area contributed by atoms with Crippen molar-refractivity contribution >= 4 is 5.83 Å². The molecule has 0 bridgehead atoms. The first kappa shape index (κ1) is 17.2. The van der Waals surface area contributed by atoms with E-state index in [1.807, 2.05) is 55.5 Å². The van der Waals surface area contributed by atoms with Crippen molar-refractivity contribution < 1.29 is 4.39 Å². The van der Waals surface area contributed by atoms with Crippen LogP contribution in [0.25, 0.3) is 5.83 Å². The average molecular weight is 330 g/mol. The molecular weight excluding hydrogens is 307 g/mol. The number of allylic oxidation sites excluding steroid dienone is 1. The van der Waals surface area contributed by atoms with Crippen LogP contribution in [0.3, 0.4) is 0 Å². The van der Waals surface area contributed by atoms with Gasteiger partial charge in [-0.25, -0.2) is 4.39 Å². The molecule has 0 radical (unpaired) electrons. The fraction of sp³-hybridized carbons (Fsp3) is 0.167. The van der Waals surface area contributed by atoms with Crippen LogP contribution in [-0.2, 0) is 0 Å². The first-order valence-electron chi connectivity index (χ1n) is 8.76. The molecule has 0 heterocycles. The first-order valence-corrected chi connectivity index (χ1v) is 8.76. The maximum absolute atomic E-state index is 15.4. The van der Waals surface area contributed by atoms with Gasteiger partial charge in [-0.3, -0.25) is 0 Å². The molecule has 3 rings (SSSR count). The van der Waals surface area contributed by atoms with E-state index < -0.39 is 0 Å². The number of benzene rings is 3. The Kier molecular flexibility index (Phi) is 5.45. The van der Waals surface area contributed by atoms with E-state index >= 15 is 4.39 Å². The van der Waals surface area contributed by atoms with Gasteiger partial charge in [-0.05, 0) is 30.0 Å². The van der Waals surface area contributed by atoms with Gasteiger partial charge in [0.25, 0.3) is 0 Å². The van der Waals surface area contributed by atoms with E-state index in [0.29, 0.717) is 12.0 Å². The molecule has 0 spiro atoms. The number of rotatable bonds is 5. The summed E-state index contributed by atoms with van der Waals surface area (Å²) in [5, 5.41) is 0. The minimum absolute atomic E-state index is 0.0768. The Bertz CT molecular complexity index is 830. The molecule has 1 atom stereocenters. The van der Waals surface area contributed by atoms with Crippen LogP contribution in [0.5, 0.6) is 0 Å². The van der Waals surface area contributed by atoms with E-state index in [2.05, 4.69) is 43.3 Å². The molecule has 3 aromatic carbocycles. The molecular formula is C24H23F. The van der Waals surface area contributed by atoms with Crippen LogP contribution in [0, 0.1) is 6.92 Å². The van der Waals surface area contributed by atoms with Crippen molar-refractivity contribution in [3.05, 3.63) is 113 Å². The summed E-state index contributed by atoms with van der Waals surface area (Å²) in [7, 11) is 0. The van der Waals surface area contributed by atoms with Crippen LogP contribution < -0.4 is 0 Å². The first-order chi connectivity index (χ1) is 12.2. The predicted octanol–water partition coefficient (Wildman–Crippen LogP) is 6.92. The SMILES string of the molecule is CC/C(=C(\F)c1ccccc1)C(c1ccccc1)c1ccc(C)cc1. The molecule has 0 aliphatic carbocycles. The Labute approximate surface area is 149 Å². The van der Waals surface area contributed by atoms with Gasteiger partial charge in [0, 0.05) is 11.5 Å². The van der Waals surface area contributed by atoms with Crippen LogP contribution >= 0.6 is 0 Å². The largest absolute Gasteiger partial charge is 0.206 e. The van der Waals surface area contributed by atoms with E-state index in [1.54, 1.807) is 0 Å². The quantitative estimate of drug-likeness (QED) is 0.476. The van der Waals surface area contributed by atoms with Crippen molar-refractivity contribution in [2.24, 2.45) is 0 Å². The smallest absolute Gasteiger partial charge is 0.130 e. The van der Waals surface area contributed by atoms with Gasteiger partial charge >= 0.3 is 0 Å². The Morgan fingerprint density at radius 1 is 0.760 bits per heavy atom. The Morgan fingerprint density at radius 3 is 1.84 bits per heavy atom. The van der Waals surface area contributed by atoms with Crippen molar-refractivity contribution in [3.63, 3.8) is 0 Å². The van der Waals surface area contributed by atoms with Crippen LogP contribution in [0.2, 0.25) is 0 Å². The lowest BCUT2D eigenvalue weighted by atomic mass is 9.82. The van der Waals surface area contributed by atoms with Gasteiger partial charge in [0.05, 0.1) is 0 Å². The Hall–Kier alpha value is -2.67. The highest BCUT2D eigenvalue weighted by Crippen LogP contribution is 2.38. The zero-order chi connectivity index (χ0) is 17.6. The topological polar surface area (TPSA) is 0 Å². The molecule has 0 aromatic heterocycles. The molecule has 126 valence electrons. The maximum Gasteiger partial charge on any atom is 0.130 e. The third kappa shape index (κ3) is 3.88. The zero-order valence-corrected chi connectivity index (χ0v) is 14.7. The fourth-order valence-corrected chi connectivity index (χ4v) is 3.26. The third-order valence-electron chi connectivity index (χ3n) is 4.58.